The van der Waals surface area contributed by atoms with E-state index in [0.717, 1.165) is 18.7 Å². The van der Waals surface area contributed by atoms with Crippen molar-refractivity contribution in [3.63, 3.8) is 0 Å². The van der Waals surface area contributed by atoms with E-state index >= 15 is 0 Å². The molecule has 0 saturated carbocycles. The number of nitrogens with zero attached hydrogens (tertiary/aromatic N) is 1. The van der Waals surface area contributed by atoms with Gasteiger partial charge in [0.2, 0.25) is 5.91 Å². The normalized spacial score (nSPS) is 11.0. The van der Waals surface area contributed by atoms with E-state index in [1.165, 1.54) is 0 Å². The molecule has 0 spiro atoms. The fourth-order valence-electron chi connectivity index (χ4n) is 2.70. The quantitative estimate of drug-likeness (QED) is 0.629. The van der Waals surface area contributed by atoms with Crippen molar-refractivity contribution < 1.29 is 14.0 Å². The van der Waals surface area contributed by atoms with E-state index in [9.17, 15) is 9.59 Å². The average molecular weight is 436 g/mol. The number of nitrogens with one attached hydrogen (secondary N) is 2. The van der Waals surface area contributed by atoms with Gasteiger partial charge in [-0.25, -0.2) is 0 Å². The molecule has 0 unspecified atom stereocenters. The highest BCUT2D eigenvalue weighted by molar-refractivity contribution is 9.10. The Morgan fingerprint density at radius 1 is 1.15 bits per heavy atom. The summed E-state index contributed by atoms with van der Waals surface area (Å²) in [5.41, 5.74) is 1.54. The van der Waals surface area contributed by atoms with Crippen LogP contribution in [-0.2, 0) is 11.2 Å². The molecule has 0 aliphatic rings. The zero-order chi connectivity index (χ0) is 19.8. The van der Waals surface area contributed by atoms with Gasteiger partial charge in [-0.1, -0.05) is 19.1 Å². The molecule has 0 radical (unpaired) electrons. The van der Waals surface area contributed by atoms with Gasteiger partial charge < -0.3 is 15.1 Å². The molecule has 0 atom stereocenters. The van der Waals surface area contributed by atoms with Crippen molar-refractivity contribution >= 4 is 33.4 Å². The Morgan fingerprint density at radius 2 is 1.85 bits per heavy atom. The molecule has 0 saturated heterocycles. The number of hydrogen-bond acceptors (Lipinski definition) is 4. The van der Waals surface area contributed by atoms with Crippen LogP contribution in [-0.4, -0.2) is 42.4 Å². The predicted octanol–water partition coefficient (Wildman–Crippen LogP) is 3.68. The van der Waals surface area contributed by atoms with E-state index in [2.05, 4.69) is 52.2 Å². The van der Waals surface area contributed by atoms with Gasteiger partial charge >= 0.3 is 0 Å². The van der Waals surface area contributed by atoms with Crippen LogP contribution < -0.4 is 10.6 Å². The third-order valence-corrected chi connectivity index (χ3v) is 4.66. The standard InChI is InChI=1S/C20H26BrN3O3/c1-4-24(14(2)3)12-11-22-19(25)13-15-5-7-16(8-6-15)23-20(26)17-9-10-18(21)27-17/h5-10,14H,4,11-13H2,1-3H3,(H,22,25)(H,23,26). The summed E-state index contributed by atoms with van der Waals surface area (Å²) in [6, 6.07) is 10.9. The molecule has 2 N–H and O–H groups in total. The second-order valence-corrected chi connectivity index (χ2v) is 7.29. The second kappa shape index (κ2) is 10.3. The number of amides is 2. The first-order valence-corrected chi connectivity index (χ1v) is 9.84. The van der Waals surface area contributed by atoms with Gasteiger partial charge in [-0.2, -0.15) is 0 Å². The van der Waals surface area contributed by atoms with Crippen LogP contribution in [0.15, 0.2) is 45.5 Å². The van der Waals surface area contributed by atoms with Crippen LogP contribution in [0.25, 0.3) is 0 Å². The summed E-state index contributed by atoms with van der Waals surface area (Å²) in [5.74, 6) is -0.100. The first-order valence-electron chi connectivity index (χ1n) is 9.05. The lowest BCUT2D eigenvalue weighted by molar-refractivity contribution is -0.120. The molecular formula is C20H26BrN3O3. The lowest BCUT2D eigenvalue weighted by Crippen LogP contribution is -2.38. The van der Waals surface area contributed by atoms with Gasteiger partial charge in [0.15, 0.2) is 10.4 Å². The Morgan fingerprint density at radius 3 is 2.41 bits per heavy atom. The van der Waals surface area contributed by atoms with Gasteiger partial charge in [0.05, 0.1) is 6.42 Å². The van der Waals surface area contributed by atoms with Crippen LogP contribution >= 0.6 is 15.9 Å². The van der Waals surface area contributed by atoms with Gasteiger partial charge in [0.1, 0.15) is 0 Å². The molecule has 0 aliphatic carbocycles. The van der Waals surface area contributed by atoms with Gasteiger partial charge in [-0.05, 0) is 66.2 Å². The van der Waals surface area contributed by atoms with Crippen molar-refractivity contribution in [3.8, 4) is 0 Å². The van der Waals surface area contributed by atoms with Crippen molar-refractivity contribution in [2.24, 2.45) is 0 Å². The van der Waals surface area contributed by atoms with Crippen LogP contribution in [0, 0.1) is 0 Å². The van der Waals surface area contributed by atoms with Crippen molar-refractivity contribution in [2.45, 2.75) is 33.2 Å². The molecule has 2 rings (SSSR count). The lowest BCUT2D eigenvalue weighted by atomic mass is 10.1. The molecule has 1 aromatic carbocycles. The van der Waals surface area contributed by atoms with Crippen molar-refractivity contribution in [3.05, 3.63) is 52.4 Å². The molecule has 0 fully saturated rings. The number of hydrogen-bond donors (Lipinski definition) is 2. The molecule has 2 aromatic rings. The summed E-state index contributed by atoms with van der Waals surface area (Å²) < 4.78 is 5.72. The maximum absolute atomic E-state index is 12.1. The summed E-state index contributed by atoms with van der Waals surface area (Å²) in [5, 5.41) is 5.71. The van der Waals surface area contributed by atoms with Crippen molar-refractivity contribution in [1.29, 1.82) is 0 Å². The third-order valence-electron chi connectivity index (χ3n) is 4.23. The minimum Gasteiger partial charge on any atom is -0.444 e. The number of carbonyl (C=O) groups excluding carboxylic acids is 2. The molecule has 6 nitrogen and oxygen atoms in total. The molecule has 1 aromatic heterocycles. The number of likely N-dealkylation sites (N-methyl/N-ethyl adjacent to an activating group) is 1. The van der Waals surface area contributed by atoms with E-state index in [1.54, 1.807) is 24.3 Å². The summed E-state index contributed by atoms with van der Waals surface area (Å²) in [6.07, 6.45) is 0.313. The molecule has 0 bridgehead atoms. The zero-order valence-electron chi connectivity index (χ0n) is 15.9. The minimum atomic E-state index is -0.322. The Kier molecular flexibility index (Phi) is 8.06. The zero-order valence-corrected chi connectivity index (χ0v) is 17.5. The molecule has 27 heavy (non-hydrogen) atoms. The summed E-state index contributed by atoms with van der Waals surface area (Å²) in [6.45, 7) is 8.86. The van der Waals surface area contributed by atoms with E-state index in [-0.39, 0.29) is 17.6 Å². The number of furan rings is 1. The molecule has 0 aliphatic heterocycles. The highest BCUT2D eigenvalue weighted by Gasteiger charge is 2.11. The fraction of sp³-hybridized carbons (Fsp3) is 0.400. The SMILES string of the molecule is CCN(CCNC(=O)Cc1ccc(NC(=O)c2ccc(Br)o2)cc1)C(C)C. The van der Waals surface area contributed by atoms with Crippen molar-refractivity contribution in [2.75, 3.05) is 25.0 Å². The largest absolute Gasteiger partial charge is 0.444 e. The number of halogens is 1. The molecular weight excluding hydrogens is 410 g/mol. The third kappa shape index (κ3) is 6.84. The van der Waals surface area contributed by atoms with Gasteiger partial charge in [0, 0.05) is 24.8 Å². The van der Waals surface area contributed by atoms with Gasteiger partial charge in [0.25, 0.3) is 5.91 Å². The lowest BCUT2D eigenvalue weighted by Gasteiger charge is -2.24. The number of anilines is 1. The van der Waals surface area contributed by atoms with Crippen LogP contribution in [0.5, 0.6) is 0 Å². The summed E-state index contributed by atoms with van der Waals surface area (Å²) >= 11 is 3.17. The first kappa shape index (κ1) is 21.2. The number of rotatable bonds is 9. The topological polar surface area (TPSA) is 74.6 Å². The highest BCUT2D eigenvalue weighted by Crippen LogP contribution is 2.16. The molecule has 7 heteroatoms. The van der Waals surface area contributed by atoms with Gasteiger partial charge in [-0.3, -0.25) is 14.5 Å². The van der Waals surface area contributed by atoms with E-state index in [4.69, 9.17) is 4.42 Å². The Balaban J connectivity index is 1.79. The Bertz CT molecular complexity index is 756. The first-order chi connectivity index (χ1) is 12.9. The fourth-order valence-corrected chi connectivity index (χ4v) is 3.01. The molecule has 2 amide bonds. The van der Waals surface area contributed by atoms with Crippen LogP contribution in [0.3, 0.4) is 0 Å². The summed E-state index contributed by atoms with van der Waals surface area (Å²) in [4.78, 5) is 26.4. The van der Waals surface area contributed by atoms with Crippen LogP contribution in [0.1, 0.15) is 36.9 Å². The van der Waals surface area contributed by atoms with E-state index in [0.29, 0.717) is 29.4 Å². The van der Waals surface area contributed by atoms with Crippen molar-refractivity contribution in [1.82, 2.24) is 10.2 Å². The highest BCUT2D eigenvalue weighted by atomic mass is 79.9. The average Bonchev–Trinajstić information content (AvgIpc) is 3.06. The smallest absolute Gasteiger partial charge is 0.291 e. The monoisotopic (exact) mass is 435 g/mol. The predicted molar refractivity (Wildman–Crippen MR) is 110 cm³/mol. The Labute approximate surface area is 168 Å². The minimum absolute atomic E-state index is 0.00738. The van der Waals surface area contributed by atoms with Crippen LogP contribution in [0.4, 0.5) is 5.69 Å². The molecule has 146 valence electrons. The van der Waals surface area contributed by atoms with E-state index < -0.39 is 0 Å². The Hall–Kier alpha value is -2.12. The maximum Gasteiger partial charge on any atom is 0.291 e. The number of carbonyl (C=O) groups is 2. The molecule has 1 heterocycles. The summed E-state index contributed by atoms with van der Waals surface area (Å²) in [7, 11) is 0. The second-order valence-electron chi connectivity index (χ2n) is 6.50. The van der Waals surface area contributed by atoms with Crippen LogP contribution in [0.2, 0.25) is 0 Å². The van der Waals surface area contributed by atoms with Gasteiger partial charge in [-0.15, -0.1) is 0 Å². The van der Waals surface area contributed by atoms with E-state index in [1.807, 2.05) is 12.1 Å². The maximum atomic E-state index is 12.1. The number of benzene rings is 1.